The van der Waals surface area contributed by atoms with Gasteiger partial charge < -0.3 is 9.47 Å². The van der Waals surface area contributed by atoms with E-state index in [1.807, 2.05) is 42.5 Å². The second-order valence-electron chi connectivity index (χ2n) is 7.51. The lowest BCUT2D eigenvalue weighted by Crippen LogP contribution is -2.32. The molecule has 2 nitrogen and oxygen atoms in total. The van der Waals surface area contributed by atoms with Crippen molar-refractivity contribution in [1.82, 2.24) is 0 Å². The normalized spacial score (nSPS) is 16.5. The van der Waals surface area contributed by atoms with Gasteiger partial charge in [-0.05, 0) is 52.9 Å². The number of hydrogen-bond donors (Lipinski definition) is 0. The first-order chi connectivity index (χ1) is 14.4. The van der Waals surface area contributed by atoms with Crippen LogP contribution in [0.15, 0.2) is 66.7 Å². The van der Waals surface area contributed by atoms with E-state index in [4.69, 9.17) is 9.47 Å². The highest BCUT2D eigenvalue weighted by Gasteiger charge is 2.39. The molecular weight excluding hydrogens is 409 g/mol. The van der Waals surface area contributed by atoms with Crippen LogP contribution in [0, 0.1) is 0 Å². The molecule has 0 aromatic heterocycles. The molecule has 0 amide bonds. The van der Waals surface area contributed by atoms with Gasteiger partial charge in [-0.2, -0.15) is 13.2 Å². The van der Waals surface area contributed by atoms with Crippen LogP contribution in [0.25, 0.3) is 10.8 Å². The van der Waals surface area contributed by atoms with Gasteiger partial charge in [-0.1, -0.05) is 48.5 Å². The summed E-state index contributed by atoms with van der Waals surface area (Å²) in [5, 5.41) is 2.32. The number of hydrogen-bond acceptors (Lipinski definition) is 3. The highest BCUT2D eigenvalue weighted by atomic mass is 32.2. The number of ether oxygens (including phenoxy) is 2. The molecule has 6 heteroatoms. The number of thioether (sulfide) groups is 1. The number of rotatable bonds is 6. The molecule has 4 rings (SSSR count). The molecule has 1 aliphatic rings. The Labute approximate surface area is 178 Å². The van der Waals surface area contributed by atoms with E-state index >= 15 is 0 Å². The fourth-order valence-corrected chi connectivity index (χ4v) is 4.99. The maximum absolute atomic E-state index is 12.9. The van der Waals surface area contributed by atoms with Crippen LogP contribution >= 0.6 is 11.8 Å². The Hall–Kier alpha value is -2.18. The van der Waals surface area contributed by atoms with Crippen LogP contribution in [0.4, 0.5) is 13.2 Å². The minimum atomic E-state index is -4.19. The highest BCUT2D eigenvalue weighted by molar-refractivity contribution is 8.00. The maximum Gasteiger partial charge on any atom is 0.397 e. The van der Waals surface area contributed by atoms with Gasteiger partial charge >= 0.3 is 6.18 Å². The third-order valence-corrected chi connectivity index (χ3v) is 7.06. The second-order valence-corrected chi connectivity index (χ2v) is 8.87. The molecule has 0 radical (unpaired) electrons. The summed E-state index contributed by atoms with van der Waals surface area (Å²) in [7, 11) is 0. The average Bonchev–Trinajstić information content (AvgIpc) is 2.76. The SMILES string of the molecule is FC(F)(F)CSC1(c2cccc(OCc3ccc4ccccc4c3)c2)CCOCC1. The molecule has 0 unspecified atom stereocenters. The van der Waals surface area contributed by atoms with Crippen LogP contribution < -0.4 is 4.74 Å². The van der Waals surface area contributed by atoms with Crippen LogP contribution in [0.5, 0.6) is 5.75 Å². The Morgan fingerprint density at radius 2 is 1.67 bits per heavy atom. The maximum atomic E-state index is 12.9. The van der Waals surface area contributed by atoms with Crippen LogP contribution in [0.3, 0.4) is 0 Å². The average molecular weight is 433 g/mol. The van der Waals surface area contributed by atoms with Crippen molar-refractivity contribution in [2.75, 3.05) is 19.0 Å². The van der Waals surface area contributed by atoms with Crippen LogP contribution in [-0.4, -0.2) is 25.1 Å². The molecule has 0 aliphatic carbocycles. The molecule has 0 bridgehead atoms. The van der Waals surface area contributed by atoms with E-state index in [9.17, 15) is 13.2 Å². The smallest absolute Gasteiger partial charge is 0.397 e. The molecule has 0 N–H and O–H groups in total. The first kappa shape index (κ1) is 21.1. The first-order valence-corrected chi connectivity index (χ1v) is 10.9. The zero-order valence-corrected chi connectivity index (χ0v) is 17.3. The van der Waals surface area contributed by atoms with E-state index in [2.05, 4.69) is 24.3 Å². The standard InChI is InChI=1S/C24H23F3O2S/c25-24(26,27)17-30-23(10-12-28-13-11-23)21-6-3-7-22(15-21)29-16-18-8-9-19-4-1-2-5-20(19)14-18/h1-9,14-15H,10-13,16-17H2. The van der Waals surface area contributed by atoms with Crippen molar-refractivity contribution in [3.63, 3.8) is 0 Å². The van der Waals surface area contributed by atoms with Crippen molar-refractivity contribution < 1.29 is 22.6 Å². The van der Waals surface area contributed by atoms with Crippen molar-refractivity contribution in [3.8, 4) is 5.75 Å². The fourth-order valence-electron chi connectivity index (χ4n) is 3.80. The first-order valence-electron chi connectivity index (χ1n) is 9.93. The molecule has 0 atom stereocenters. The third kappa shape index (κ3) is 5.10. The Morgan fingerprint density at radius 3 is 2.43 bits per heavy atom. The van der Waals surface area contributed by atoms with E-state index in [0.717, 1.165) is 28.3 Å². The van der Waals surface area contributed by atoms with Crippen LogP contribution in [-0.2, 0) is 16.1 Å². The lowest BCUT2D eigenvalue weighted by Gasteiger charge is -2.37. The van der Waals surface area contributed by atoms with Crippen LogP contribution in [0.2, 0.25) is 0 Å². The largest absolute Gasteiger partial charge is 0.489 e. The molecule has 1 fully saturated rings. The van der Waals surface area contributed by atoms with E-state index in [1.165, 1.54) is 5.39 Å². The Kier molecular flexibility index (Phi) is 6.25. The van der Waals surface area contributed by atoms with E-state index < -0.39 is 16.7 Å². The van der Waals surface area contributed by atoms with Crippen molar-refractivity contribution in [2.45, 2.75) is 30.4 Å². The van der Waals surface area contributed by atoms with Crippen molar-refractivity contribution >= 4 is 22.5 Å². The molecule has 3 aromatic carbocycles. The third-order valence-electron chi connectivity index (χ3n) is 5.39. The summed E-state index contributed by atoms with van der Waals surface area (Å²) in [6, 6.07) is 21.8. The minimum absolute atomic E-state index is 0.403. The van der Waals surface area contributed by atoms with E-state index in [0.29, 0.717) is 38.4 Å². The zero-order chi connectivity index (χ0) is 21.0. The van der Waals surface area contributed by atoms with E-state index in [1.54, 1.807) is 0 Å². The van der Waals surface area contributed by atoms with E-state index in [-0.39, 0.29) is 0 Å². The lowest BCUT2D eigenvalue weighted by atomic mass is 9.90. The number of fused-ring (bicyclic) bond motifs is 1. The summed E-state index contributed by atoms with van der Waals surface area (Å²) >= 11 is 0.969. The number of halogens is 3. The molecule has 0 saturated carbocycles. The molecule has 30 heavy (non-hydrogen) atoms. The summed E-state index contributed by atoms with van der Waals surface area (Å²) in [5.41, 5.74) is 1.92. The Balaban J connectivity index is 1.51. The fraction of sp³-hybridized carbons (Fsp3) is 0.333. The molecule has 1 heterocycles. The van der Waals surface area contributed by atoms with Gasteiger partial charge in [-0.3, -0.25) is 0 Å². The molecule has 1 saturated heterocycles. The van der Waals surface area contributed by atoms with Gasteiger partial charge in [-0.25, -0.2) is 0 Å². The van der Waals surface area contributed by atoms with Gasteiger partial charge in [-0.15, -0.1) is 11.8 Å². The molecule has 158 valence electrons. The van der Waals surface area contributed by atoms with Gasteiger partial charge in [0.1, 0.15) is 12.4 Å². The van der Waals surface area contributed by atoms with Crippen molar-refractivity contribution in [3.05, 3.63) is 77.9 Å². The molecule has 0 spiro atoms. The van der Waals surface area contributed by atoms with Gasteiger partial charge in [0.15, 0.2) is 0 Å². The molecule has 3 aromatic rings. The van der Waals surface area contributed by atoms with Crippen molar-refractivity contribution in [1.29, 1.82) is 0 Å². The monoisotopic (exact) mass is 432 g/mol. The summed E-state index contributed by atoms with van der Waals surface area (Å²) in [5.74, 6) is -0.200. The summed E-state index contributed by atoms with van der Waals surface area (Å²) in [6.45, 7) is 1.33. The topological polar surface area (TPSA) is 18.5 Å². The Morgan fingerprint density at radius 1 is 0.900 bits per heavy atom. The quantitative estimate of drug-likeness (QED) is 0.431. The van der Waals surface area contributed by atoms with Gasteiger partial charge in [0.2, 0.25) is 0 Å². The van der Waals surface area contributed by atoms with Gasteiger partial charge in [0.25, 0.3) is 0 Å². The second kappa shape index (κ2) is 8.90. The van der Waals surface area contributed by atoms with Crippen LogP contribution in [0.1, 0.15) is 24.0 Å². The zero-order valence-electron chi connectivity index (χ0n) is 16.5. The predicted molar refractivity (Wildman–Crippen MR) is 115 cm³/mol. The highest BCUT2D eigenvalue weighted by Crippen LogP contribution is 2.47. The summed E-state index contributed by atoms with van der Waals surface area (Å²) in [4.78, 5) is 0. The van der Waals surface area contributed by atoms with Gasteiger partial charge in [0, 0.05) is 18.0 Å². The number of benzene rings is 3. The van der Waals surface area contributed by atoms with Gasteiger partial charge in [0.05, 0.1) is 5.75 Å². The minimum Gasteiger partial charge on any atom is -0.489 e. The predicted octanol–water partition coefficient (Wildman–Crippen LogP) is 6.72. The number of alkyl halides is 3. The summed E-state index contributed by atoms with van der Waals surface area (Å²) < 4.78 is 49.6. The van der Waals surface area contributed by atoms with Crippen molar-refractivity contribution in [2.24, 2.45) is 0 Å². The lowest BCUT2D eigenvalue weighted by molar-refractivity contribution is -0.105. The Bertz CT molecular complexity index is 997. The molecule has 1 aliphatic heterocycles. The molecular formula is C24H23F3O2S. The summed E-state index contributed by atoms with van der Waals surface area (Å²) in [6.07, 6.45) is -3.08.